The summed E-state index contributed by atoms with van der Waals surface area (Å²) in [6.07, 6.45) is 9.22. The second-order valence-electron chi connectivity index (χ2n) is 23.0. The second-order valence-corrected chi connectivity index (χ2v) is 25.1. The van der Waals surface area contributed by atoms with Gasteiger partial charge in [0.1, 0.15) is 11.6 Å². The summed E-state index contributed by atoms with van der Waals surface area (Å²) in [7, 11) is 0. The van der Waals surface area contributed by atoms with E-state index in [0.717, 1.165) is 95.7 Å². The zero-order valence-electron chi connectivity index (χ0n) is 47.1. The molecule has 4 N–H and O–H groups in total. The molecular formula is C66H60FN11O6S2. The first-order valence-electron chi connectivity index (χ1n) is 29.4. The number of anilines is 6. The molecule has 14 rings (SSSR count). The number of aromatic nitrogens is 3. The normalized spacial score (nSPS) is 18.4. The topological polar surface area (TPSA) is 202 Å². The van der Waals surface area contributed by atoms with Crippen molar-refractivity contribution in [3.63, 3.8) is 0 Å². The van der Waals surface area contributed by atoms with Crippen molar-refractivity contribution in [2.45, 2.75) is 82.8 Å². The molecule has 3 atom stereocenters. The van der Waals surface area contributed by atoms with Crippen LogP contribution in [0.5, 0.6) is 0 Å². The number of rotatable bonds is 13. The lowest BCUT2D eigenvalue weighted by Crippen LogP contribution is -2.37. The van der Waals surface area contributed by atoms with E-state index in [0.29, 0.717) is 81.1 Å². The van der Waals surface area contributed by atoms with Crippen LogP contribution in [0, 0.1) is 18.7 Å². The third-order valence-electron chi connectivity index (χ3n) is 17.2. The third kappa shape index (κ3) is 10.6. The maximum absolute atomic E-state index is 16.2. The molecule has 2 saturated carbocycles. The van der Waals surface area contributed by atoms with Crippen molar-refractivity contribution in [2.24, 2.45) is 5.92 Å². The Bertz CT molecular complexity index is 4060. The molecule has 20 heteroatoms. The van der Waals surface area contributed by atoms with Crippen LogP contribution in [0.25, 0.3) is 20.9 Å². The van der Waals surface area contributed by atoms with Crippen molar-refractivity contribution in [3.8, 4) is 20.9 Å². The molecule has 3 unspecified atom stereocenters. The lowest BCUT2D eigenvalue weighted by Gasteiger charge is -2.28. The van der Waals surface area contributed by atoms with Gasteiger partial charge in [-0.1, -0.05) is 36.4 Å². The van der Waals surface area contributed by atoms with Gasteiger partial charge in [-0.3, -0.25) is 28.8 Å². The fraction of sp³-hybridized carbons (Fsp3) is 0.288. The Morgan fingerprint density at radius 3 is 1.87 bits per heavy atom. The van der Waals surface area contributed by atoms with Crippen molar-refractivity contribution < 1.29 is 33.2 Å². The number of carbonyl (C=O) groups excluding carboxylic acids is 6. The second kappa shape index (κ2) is 22.7. The summed E-state index contributed by atoms with van der Waals surface area (Å²) in [6.45, 7) is 4.80. The first kappa shape index (κ1) is 54.8. The van der Waals surface area contributed by atoms with Crippen molar-refractivity contribution in [1.29, 1.82) is 0 Å². The number of hydrogen-bond donors (Lipinski definition) is 4. The smallest absolute Gasteiger partial charge is 0.261 e. The fourth-order valence-corrected chi connectivity index (χ4v) is 14.9. The Labute approximate surface area is 503 Å². The highest BCUT2D eigenvalue weighted by Crippen LogP contribution is 2.46. The Kier molecular flexibility index (Phi) is 14.5. The van der Waals surface area contributed by atoms with Crippen LogP contribution < -0.4 is 40.9 Å². The Morgan fingerprint density at radius 1 is 0.570 bits per heavy atom. The lowest BCUT2D eigenvalue weighted by atomic mass is 10.1. The van der Waals surface area contributed by atoms with Crippen molar-refractivity contribution in [3.05, 3.63) is 182 Å². The molecule has 8 aromatic rings. The minimum Gasteiger partial charge on any atom is -0.354 e. The van der Waals surface area contributed by atoms with E-state index in [1.807, 2.05) is 67.6 Å². The molecule has 2 aliphatic carbocycles. The van der Waals surface area contributed by atoms with Crippen LogP contribution in [0.1, 0.15) is 123 Å². The highest BCUT2D eigenvalue weighted by Gasteiger charge is 2.49. The minimum absolute atomic E-state index is 0.0145. The van der Waals surface area contributed by atoms with Crippen molar-refractivity contribution >= 4 is 92.5 Å². The van der Waals surface area contributed by atoms with Gasteiger partial charge in [0, 0.05) is 101 Å². The Hall–Kier alpha value is -9.14. The molecule has 0 radical (unpaired) electrons. The van der Waals surface area contributed by atoms with Crippen LogP contribution in [0.4, 0.5) is 38.8 Å². The van der Waals surface area contributed by atoms with Gasteiger partial charge >= 0.3 is 0 Å². The average Bonchev–Trinajstić information content (AvgIpc) is 1.90. The number of thiophene rings is 2. The van der Waals surface area contributed by atoms with Gasteiger partial charge in [0.05, 0.1) is 43.5 Å². The van der Waals surface area contributed by atoms with Crippen LogP contribution in [0.3, 0.4) is 0 Å². The van der Waals surface area contributed by atoms with E-state index in [-0.39, 0.29) is 65.5 Å². The van der Waals surface area contributed by atoms with Gasteiger partial charge in [-0.15, -0.1) is 27.8 Å². The molecular weight excluding hydrogens is 1130 g/mol. The fourth-order valence-electron chi connectivity index (χ4n) is 12.6. The van der Waals surface area contributed by atoms with Crippen molar-refractivity contribution in [2.75, 3.05) is 63.0 Å². The molecule has 6 amide bonds. The summed E-state index contributed by atoms with van der Waals surface area (Å²) in [4.78, 5) is 98.8. The maximum Gasteiger partial charge on any atom is 0.261 e. The number of hydrogen-bond acceptors (Lipinski definition) is 13. The molecule has 4 aromatic heterocycles. The van der Waals surface area contributed by atoms with Crippen molar-refractivity contribution in [1.82, 2.24) is 25.8 Å². The first-order chi connectivity index (χ1) is 41.9. The van der Waals surface area contributed by atoms with E-state index in [2.05, 4.69) is 41.3 Å². The number of nitrogens with zero attached hydrogens (tertiary/aromatic N) is 7. The SMILES string of the molecule is Cc1cc(C(=O)Nc2ccc(C(=O)N3CCc4cc(C(=O)NC5CC5C5CCCN5c5ncccc5C(=O)Nc5ccc(C(=O)N6CCc7cc(C(=O)NC8CC8)sc7-c7ccccc76)c(F)c5)sc4-c4ccccc43)cc2)c(N2CCCC2)nn1. The molecule has 17 nitrogen and oxygen atoms in total. The van der Waals surface area contributed by atoms with E-state index >= 15 is 4.39 Å². The number of aryl methyl sites for hydroxylation is 1. The average molecular weight is 1190 g/mol. The van der Waals surface area contributed by atoms with Crippen LogP contribution in [-0.4, -0.2) is 101 Å². The predicted molar refractivity (Wildman–Crippen MR) is 332 cm³/mol. The highest BCUT2D eigenvalue weighted by atomic mass is 32.1. The summed E-state index contributed by atoms with van der Waals surface area (Å²) in [6, 6.07) is 35.5. The van der Waals surface area contributed by atoms with Gasteiger partial charge in [0.15, 0.2) is 5.82 Å². The van der Waals surface area contributed by atoms with Gasteiger partial charge < -0.3 is 40.9 Å². The van der Waals surface area contributed by atoms with E-state index in [4.69, 9.17) is 4.98 Å². The summed E-state index contributed by atoms with van der Waals surface area (Å²) in [5.74, 6) is -1.26. The molecule has 4 fully saturated rings. The lowest BCUT2D eigenvalue weighted by molar-refractivity contribution is 0.0945. The Morgan fingerprint density at radius 2 is 1.20 bits per heavy atom. The van der Waals surface area contributed by atoms with Crippen LogP contribution in [0.2, 0.25) is 0 Å². The number of pyridine rings is 1. The van der Waals surface area contributed by atoms with Gasteiger partial charge in [0.25, 0.3) is 35.4 Å². The largest absolute Gasteiger partial charge is 0.354 e. The van der Waals surface area contributed by atoms with E-state index in [1.54, 1.807) is 58.5 Å². The van der Waals surface area contributed by atoms with E-state index < -0.39 is 17.6 Å². The van der Waals surface area contributed by atoms with E-state index in [9.17, 15) is 28.8 Å². The summed E-state index contributed by atoms with van der Waals surface area (Å²) < 4.78 is 16.2. The van der Waals surface area contributed by atoms with E-state index in [1.165, 1.54) is 40.9 Å². The predicted octanol–water partition coefficient (Wildman–Crippen LogP) is 11.0. The van der Waals surface area contributed by atoms with Gasteiger partial charge in [0.2, 0.25) is 0 Å². The summed E-state index contributed by atoms with van der Waals surface area (Å²) in [5, 5.41) is 20.8. The Balaban J connectivity index is 0.609. The molecule has 4 aromatic carbocycles. The van der Waals surface area contributed by atoms with Crippen LogP contribution in [-0.2, 0) is 12.8 Å². The number of fused-ring (bicyclic) bond motifs is 6. The number of halogens is 1. The number of amides is 6. The highest BCUT2D eigenvalue weighted by molar-refractivity contribution is 7.18. The maximum atomic E-state index is 16.2. The minimum atomic E-state index is -0.774. The number of para-hydroxylation sites is 2. The standard InChI is InChI=1S/C66H60FN11O6S2/c1-37-32-49(60(74-73-37)75-27-6-7-28-75)62(80)69-41-18-16-38(17-19-41)65(83)77-30-24-39-34-56(86-57(39)45-10-2-4-13-52(45)77)64(82)72-51-36-48(51)54-15-9-29-76(54)59-47(12-8-26-68-59)61(79)71-43-22-23-44(50(67)35-43)66(84)78-31-25-40-33-55(63(81)70-42-20-21-42)85-58(40)46-11-3-5-14-53(46)78/h2-5,8,10-14,16-19,22-23,26,32-35,42,48,51,54H,6-7,9,15,20-21,24-25,27-31,36H2,1H3,(H,69,80)(H,70,81)(H,71,79)(H,72,82). The first-order valence-corrected chi connectivity index (χ1v) is 31.1. The molecule has 8 heterocycles. The molecule has 86 heavy (non-hydrogen) atoms. The third-order valence-corrected chi connectivity index (χ3v) is 19.6. The monoisotopic (exact) mass is 1190 g/mol. The molecule has 0 bridgehead atoms. The van der Waals surface area contributed by atoms with Gasteiger partial charge in [-0.25, -0.2) is 9.37 Å². The number of benzene rings is 4. The van der Waals surface area contributed by atoms with Gasteiger partial charge in [-0.2, -0.15) is 5.10 Å². The number of carbonyl (C=O) groups is 6. The zero-order valence-corrected chi connectivity index (χ0v) is 48.7. The zero-order chi connectivity index (χ0) is 58.7. The molecule has 434 valence electrons. The molecule has 2 saturated heterocycles. The van der Waals surface area contributed by atoms with Crippen LogP contribution in [0.15, 0.2) is 128 Å². The summed E-state index contributed by atoms with van der Waals surface area (Å²) in [5.41, 5.74) is 7.52. The summed E-state index contributed by atoms with van der Waals surface area (Å²) >= 11 is 2.83. The van der Waals surface area contributed by atoms with Crippen LogP contribution >= 0.6 is 22.7 Å². The van der Waals surface area contributed by atoms with Gasteiger partial charge in [-0.05, 0) is 161 Å². The molecule has 6 aliphatic rings. The number of nitrogens with one attached hydrogen (secondary N) is 4. The molecule has 0 spiro atoms. The quantitative estimate of drug-likeness (QED) is 0.0855. The molecule has 4 aliphatic heterocycles.